The lowest BCUT2D eigenvalue weighted by Crippen LogP contribution is -2.36. The minimum atomic E-state index is -1.03. The summed E-state index contributed by atoms with van der Waals surface area (Å²) in [6, 6.07) is 3.64. The summed E-state index contributed by atoms with van der Waals surface area (Å²) in [5, 5.41) is 0. The summed E-state index contributed by atoms with van der Waals surface area (Å²) >= 11 is 0. The van der Waals surface area contributed by atoms with Crippen LogP contribution in [0.3, 0.4) is 0 Å². The first-order valence-corrected chi connectivity index (χ1v) is 12.1. The highest BCUT2D eigenvalue weighted by atomic mass is 16.7. The smallest absolute Gasteiger partial charge is 0.461 e. The van der Waals surface area contributed by atoms with Crippen molar-refractivity contribution in [3.63, 3.8) is 0 Å². The van der Waals surface area contributed by atoms with E-state index in [0.29, 0.717) is 30.2 Å². The van der Waals surface area contributed by atoms with Crippen molar-refractivity contribution in [1.82, 2.24) is 0 Å². The van der Waals surface area contributed by atoms with E-state index in [-0.39, 0.29) is 37.4 Å². The largest absolute Gasteiger partial charge is 0.508 e. The van der Waals surface area contributed by atoms with Crippen LogP contribution in [0.15, 0.2) is 18.2 Å². The zero-order valence-electron chi connectivity index (χ0n) is 22.0. The fourth-order valence-corrected chi connectivity index (χ4v) is 2.89. The highest BCUT2D eigenvalue weighted by Gasteiger charge is 2.21. The third-order valence-electron chi connectivity index (χ3n) is 4.99. The number of ether oxygens (including phenoxy) is 5. The molecule has 202 valence electrons. The average molecular weight is 510 g/mol. The van der Waals surface area contributed by atoms with Crippen LogP contribution in [0, 0.1) is 11.8 Å². The van der Waals surface area contributed by atoms with Gasteiger partial charge in [0.25, 0.3) is 0 Å². The van der Waals surface area contributed by atoms with Gasteiger partial charge in [-0.2, -0.15) is 0 Å². The molecule has 0 aromatic heterocycles. The Balaban J connectivity index is 2.89. The Morgan fingerprint density at radius 1 is 0.861 bits per heavy atom. The van der Waals surface area contributed by atoms with Crippen molar-refractivity contribution >= 4 is 24.1 Å². The van der Waals surface area contributed by atoms with E-state index in [2.05, 4.69) is 4.74 Å². The lowest BCUT2D eigenvalue weighted by Gasteiger charge is -2.16. The maximum absolute atomic E-state index is 12.4. The molecular weight excluding hydrogens is 470 g/mol. The third kappa shape index (κ3) is 12.5. The molecule has 0 amide bonds. The van der Waals surface area contributed by atoms with Gasteiger partial charge in [0, 0.05) is 12.8 Å². The van der Waals surface area contributed by atoms with Crippen LogP contribution in [-0.4, -0.2) is 49.9 Å². The molecule has 10 heteroatoms. The average Bonchev–Trinajstić information content (AvgIpc) is 2.81. The molecule has 0 saturated heterocycles. The molecule has 0 bridgehead atoms. The minimum absolute atomic E-state index is 0.0726. The Morgan fingerprint density at radius 2 is 1.42 bits per heavy atom. The molecule has 0 radical (unpaired) electrons. The van der Waals surface area contributed by atoms with Crippen molar-refractivity contribution in [2.45, 2.75) is 78.9 Å². The zero-order valence-corrected chi connectivity index (χ0v) is 22.0. The molecule has 0 aliphatic rings. The van der Waals surface area contributed by atoms with Crippen molar-refractivity contribution in [2.75, 3.05) is 13.7 Å². The van der Waals surface area contributed by atoms with Crippen molar-refractivity contribution in [2.24, 2.45) is 17.6 Å². The quantitative estimate of drug-likeness (QED) is 0.289. The number of esters is 3. The van der Waals surface area contributed by atoms with Gasteiger partial charge in [-0.25, -0.2) is 4.79 Å². The summed E-state index contributed by atoms with van der Waals surface area (Å²) in [5.41, 5.74) is 6.56. The Kier molecular flexibility index (Phi) is 13.5. The highest BCUT2D eigenvalue weighted by Crippen LogP contribution is 2.30. The van der Waals surface area contributed by atoms with Gasteiger partial charge in [0.15, 0.2) is 11.5 Å². The first-order valence-electron chi connectivity index (χ1n) is 12.1. The Labute approximate surface area is 212 Å². The van der Waals surface area contributed by atoms with Crippen LogP contribution in [0.2, 0.25) is 0 Å². The molecule has 1 aromatic rings. The van der Waals surface area contributed by atoms with E-state index >= 15 is 0 Å². The molecule has 36 heavy (non-hydrogen) atoms. The summed E-state index contributed by atoms with van der Waals surface area (Å²) in [6.45, 7) is 9.36. The van der Waals surface area contributed by atoms with Gasteiger partial charge in [-0.3, -0.25) is 14.4 Å². The van der Waals surface area contributed by atoms with Crippen molar-refractivity contribution in [3.8, 4) is 11.5 Å². The molecule has 1 rings (SSSR count). The van der Waals surface area contributed by atoms with Crippen LogP contribution in [0.4, 0.5) is 4.79 Å². The number of hydrogen-bond acceptors (Lipinski definition) is 10. The summed E-state index contributed by atoms with van der Waals surface area (Å²) in [6.07, 6.45) is 0.231. The Hall–Kier alpha value is -3.14. The second kappa shape index (κ2) is 15.8. The van der Waals surface area contributed by atoms with Crippen LogP contribution in [-0.2, 0) is 35.0 Å². The van der Waals surface area contributed by atoms with Crippen LogP contribution in [0.5, 0.6) is 11.5 Å². The van der Waals surface area contributed by atoms with Gasteiger partial charge in [-0.15, -0.1) is 0 Å². The van der Waals surface area contributed by atoms with E-state index in [1.54, 1.807) is 6.07 Å². The van der Waals surface area contributed by atoms with Crippen molar-refractivity contribution in [3.05, 3.63) is 23.8 Å². The molecule has 2 atom stereocenters. The van der Waals surface area contributed by atoms with Crippen molar-refractivity contribution in [1.29, 1.82) is 0 Å². The van der Waals surface area contributed by atoms with Crippen LogP contribution < -0.4 is 15.2 Å². The summed E-state index contributed by atoms with van der Waals surface area (Å²) in [4.78, 5) is 48.0. The van der Waals surface area contributed by atoms with Crippen LogP contribution in [0.1, 0.15) is 65.9 Å². The van der Waals surface area contributed by atoms with Gasteiger partial charge >= 0.3 is 24.1 Å². The second-order valence-electron chi connectivity index (χ2n) is 9.42. The van der Waals surface area contributed by atoms with Crippen LogP contribution >= 0.6 is 0 Å². The van der Waals surface area contributed by atoms with Gasteiger partial charge in [-0.1, -0.05) is 33.8 Å². The maximum Gasteiger partial charge on any atom is 0.508 e. The molecule has 10 nitrogen and oxygen atoms in total. The van der Waals surface area contributed by atoms with Gasteiger partial charge in [0.1, 0.15) is 18.8 Å². The molecule has 0 aliphatic carbocycles. The molecule has 0 unspecified atom stereocenters. The Bertz CT molecular complexity index is 882. The van der Waals surface area contributed by atoms with Gasteiger partial charge in [0.05, 0.1) is 7.11 Å². The predicted octanol–water partition coefficient (Wildman–Crippen LogP) is 3.95. The second-order valence-corrected chi connectivity index (χ2v) is 9.42. The van der Waals surface area contributed by atoms with Crippen molar-refractivity contribution < 1.29 is 42.9 Å². The zero-order chi connectivity index (χ0) is 27.3. The van der Waals surface area contributed by atoms with E-state index in [1.807, 2.05) is 27.7 Å². The van der Waals surface area contributed by atoms with Gasteiger partial charge in [-0.05, 0) is 55.7 Å². The third-order valence-corrected chi connectivity index (χ3v) is 4.99. The summed E-state index contributed by atoms with van der Waals surface area (Å²) < 4.78 is 25.3. The molecule has 0 aliphatic heterocycles. The normalized spacial score (nSPS) is 12.6. The first-order chi connectivity index (χ1) is 16.9. The fraction of sp³-hybridized carbons (Fsp3) is 0.615. The number of rotatable bonds is 14. The van der Waals surface area contributed by atoms with E-state index < -0.39 is 36.2 Å². The number of hydrogen-bond donors (Lipinski definition) is 1. The maximum atomic E-state index is 12.4. The van der Waals surface area contributed by atoms with E-state index in [0.717, 1.165) is 0 Å². The number of carbonyl (C=O) groups excluding carboxylic acids is 4. The lowest BCUT2D eigenvalue weighted by atomic mass is 10.1. The van der Waals surface area contributed by atoms with E-state index in [9.17, 15) is 19.2 Å². The van der Waals surface area contributed by atoms with Crippen LogP contribution in [0.25, 0.3) is 0 Å². The summed E-state index contributed by atoms with van der Waals surface area (Å²) in [5.74, 6) is -0.722. The van der Waals surface area contributed by atoms with E-state index in [4.69, 9.17) is 24.7 Å². The SMILES string of the molecule is COC(=O)O[C@@H](C)COC(=O)[C@@H](N)Cc1ccc(OC(=O)CCC(C)C)c(OC(=O)CCC(C)C)c1. The number of benzene rings is 1. The molecule has 1 aromatic carbocycles. The van der Waals surface area contributed by atoms with Gasteiger partial charge < -0.3 is 29.4 Å². The predicted molar refractivity (Wildman–Crippen MR) is 131 cm³/mol. The minimum Gasteiger partial charge on any atom is -0.461 e. The number of nitrogens with two attached hydrogens (primary N) is 1. The standard InChI is InChI=1S/C26H39NO9/c1-16(2)7-11-23(28)35-21-10-9-19(14-22(21)36-24(29)12-8-17(3)4)13-20(27)25(30)33-15-18(5)34-26(31)32-6/h9-10,14,16-18,20H,7-8,11-13,15,27H2,1-6H3/t18-,20-/m0/s1. The molecule has 0 saturated carbocycles. The molecule has 2 N–H and O–H groups in total. The Morgan fingerprint density at radius 3 is 1.94 bits per heavy atom. The summed E-state index contributed by atoms with van der Waals surface area (Å²) in [7, 11) is 1.17. The highest BCUT2D eigenvalue weighted by molar-refractivity contribution is 5.77. The topological polar surface area (TPSA) is 140 Å². The van der Waals surface area contributed by atoms with Gasteiger partial charge in [0.2, 0.25) is 0 Å². The fourth-order valence-electron chi connectivity index (χ4n) is 2.89. The number of carbonyl (C=O) groups is 4. The molecule has 0 fully saturated rings. The molecular formula is C26H39NO9. The lowest BCUT2D eigenvalue weighted by molar-refractivity contribution is -0.148. The number of methoxy groups -OCH3 is 1. The molecule has 0 spiro atoms. The monoisotopic (exact) mass is 509 g/mol. The first kappa shape index (κ1) is 30.9. The molecule has 0 heterocycles. The van der Waals surface area contributed by atoms with E-state index in [1.165, 1.54) is 26.2 Å².